The zero-order valence-corrected chi connectivity index (χ0v) is 11.4. The second-order valence-electron chi connectivity index (χ2n) is 1.96. The fourth-order valence-electron chi connectivity index (χ4n) is 0.688. The molecule has 0 aromatic carbocycles. The summed E-state index contributed by atoms with van der Waals surface area (Å²) in [6, 6.07) is 1.85. The van der Waals surface area contributed by atoms with Gasteiger partial charge in [0.05, 0.1) is 17.9 Å². The van der Waals surface area contributed by atoms with Gasteiger partial charge in [-0.15, -0.1) is 11.3 Å². The molecule has 0 spiro atoms. The van der Waals surface area contributed by atoms with Gasteiger partial charge in [0.2, 0.25) is 0 Å². The van der Waals surface area contributed by atoms with Gasteiger partial charge in [0.1, 0.15) is 0 Å². The maximum Gasteiger partial charge on any atom is 0.340 e. The molecule has 0 fully saturated rings. The predicted octanol–water partition coefficient (Wildman–Crippen LogP) is 3.13. The van der Waals surface area contributed by atoms with E-state index in [-0.39, 0.29) is 5.97 Å². The van der Waals surface area contributed by atoms with Crippen LogP contribution in [0.5, 0.6) is 0 Å². The maximum atomic E-state index is 11.3. The van der Waals surface area contributed by atoms with E-state index in [4.69, 9.17) is 4.74 Å². The quantitative estimate of drug-likeness (QED) is 0.556. The number of esters is 1. The number of hydrogen-bond acceptors (Lipinski definition) is 3. The summed E-state index contributed by atoms with van der Waals surface area (Å²) in [5.74, 6) is -0.221. The lowest BCUT2D eigenvalue weighted by atomic mass is 10.3. The van der Waals surface area contributed by atoms with Crippen LogP contribution in [0, 0.1) is 5.77 Å². The summed E-state index contributed by atoms with van der Waals surface area (Å²) in [6.45, 7) is 2.24. The van der Waals surface area contributed by atoms with Crippen LogP contribution >= 0.6 is 56.5 Å². The Kier molecular flexibility index (Phi) is 4.24. The van der Waals surface area contributed by atoms with Crippen LogP contribution in [0.1, 0.15) is 17.3 Å². The van der Waals surface area contributed by atoms with Gasteiger partial charge in [-0.3, -0.25) is 0 Å². The second kappa shape index (κ2) is 4.75. The number of halogens is 2. The number of ether oxygens (including phenoxy) is 1. The topological polar surface area (TPSA) is 26.3 Å². The van der Waals surface area contributed by atoms with E-state index in [2.05, 4.69) is 45.2 Å². The third kappa shape index (κ3) is 2.56. The third-order valence-electron chi connectivity index (χ3n) is 1.15. The molecule has 0 aliphatic heterocycles. The maximum absolute atomic E-state index is 11.3. The molecule has 0 atom stereocenters. The molecule has 0 saturated carbocycles. The van der Waals surface area contributed by atoms with Gasteiger partial charge in [0, 0.05) is 0 Å². The lowest BCUT2D eigenvalue weighted by Gasteiger charge is -1.97. The number of carbonyl (C=O) groups excluding carboxylic acids is 1. The Bertz CT molecular complexity index is 296. The lowest BCUT2D eigenvalue weighted by Crippen LogP contribution is -2.04. The Morgan fingerprint density at radius 3 is 2.75 bits per heavy atom. The summed E-state index contributed by atoms with van der Waals surface area (Å²) in [5.41, 5.74) is 0.687. The van der Waals surface area contributed by atoms with Crippen molar-refractivity contribution in [2.45, 2.75) is 6.92 Å². The highest BCUT2D eigenvalue weighted by Gasteiger charge is 2.13. The van der Waals surface area contributed by atoms with Crippen LogP contribution in [-0.4, -0.2) is 12.6 Å². The van der Waals surface area contributed by atoms with Crippen LogP contribution in [0.15, 0.2) is 6.07 Å². The molecule has 0 radical (unpaired) electrons. The minimum Gasteiger partial charge on any atom is -0.462 e. The van der Waals surface area contributed by atoms with E-state index in [9.17, 15) is 4.79 Å². The molecule has 0 aliphatic carbocycles. The number of hydrogen-bond donors (Lipinski definition) is 0. The molecule has 12 heavy (non-hydrogen) atoms. The van der Waals surface area contributed by atoms with Crippen LogP contribution in [0.25, 0.3) is 0 Å². The SMILES string of the molecule is CCOC(=O)c1cc(I)sc1I. The molecular weight excluding hydrogens is 402 g/mol. The van der Waals surface area contributed by atoms with Crippen LogP contribution in [0.4, 0.5) is 0 Å². The van der Waals surface area contributed by atoms with Crippen LogP contribution in [0.3, 0.4) is 0 Å². The fourth-order valence-corrected chi connectivity index (χ4v) is 4.61. The largest absolute Gasteiger partial charge is 0.462 e. The van der Waals surface area contributed by atoms with E-state index in [0.717, 1.165) is 5.77 Å². The molecule has 0 bridgehead atoms. The molecule has 0 N–H and O–H groups in total. The van der Waals surface area contributed by atoms with Gasteiger partial charge in [-0.05, 0) is 58.2 Å². The molecule has 66 valence electrons. The van der Waals surface area contributed by atoms with Crippen LogP contribution in [0.2, 0.25) is 0 Å². The average Bonchev–Trinajstić information content (AvgIpc) is 2.30. The minimum absolute atomic E-state index is 0.221. The molecular formula is C7H6I2O2S. The molecule has 1 aromatic rings. The molecule has 1 aromatic heterocycles. The van der Waals surface area contributed by atoms with Gasteiger partial charge in [-0.25, -0.2) is 4.79 Å². The van der Waals surface area contributed by atoms with E-state index < -0.39 is 0 Å². The van der Waals surface area contributed by atoms with Crippen molar-refractivity contribution in [2.24, 2.45) is 0 Å². The number of carbonyl (C=O) groups is 1. The first kappa shape index (κ1) is 10.7. The summed E-state index contributed by atoms with van der Waals surface area (Å²) in [5, 5.41) is 0. The minimum atomic E-state index is -0.221. The summed E-state index contributed by atoms with van der Waals surface area (Å²) >= 11 is 5.94. The zero-order valence-electron chi connectivity index (χ0n) is 6.27. The Morgan fingerprint density at radius 2 is 2.33 bits per heavy atom. The molecule has 0 unspecified atom stereocenters. The van der Waals surface area contributed by atoms with E-state index >= 15 is 0 Å². The number of rotatable bonds is 2. The summed E-state index contributed by atoms with van der Waals surface area (Å²) in [4.78, 5) is 11.3. The summed E-state index contributed by atoms with van der Waals surface area (Å²) in [6.07, 6.45) is 0. The second-order valence-corrected chi connectivity index (χ2v) is 6.72. The molecule has 1 rings (SSSR count). The van der Waals surface area contributed by atoms with Gasteiger partial charge >= 0.3 is 5.97 Å². The highest BCUT2D eigenvalue weighted by Crippen LogP contribution is 2.25. The zero-order chi connectivity index (χ0) is 9.14. The average molecular weight is 408 g/mol. The van der Waals surface area contributed by atoms with E-state index in [0.29, 0.717) is 12.2 Å². The molecule has 0 amide bonds. The molecule has 5 heteroatoms. The third-order valence-corrected chi connectivity index (χ3v) is 4.08. The van der Waals surface area contributed by atoms with Crippen molar-refractivity contribution in [3.05, 3.63) is 17.4 Å². The van der Waals surface area contributed by atoms with Crippen molar-refractivity contribution in [1.29, 1.82) is 0 Å². The van der Waals surface area contributed by atoms with Crippen molar-refractivity contribution >= 4 is 62.5 Å². The monoisotopic (exact) mass is 408 g/mol. The Balaban J connectivity index is 2.87. The van der Waals surface area contributed by atoms with Crippen molar-refractivity contribution in [3.63, 3.8) is 0 Å². The Morgan fingerprint density at radius 1 is 1.67 bits per heavy atom. The van der Waals surface area contributed by atoms with Gasteiger partial charge < -0.3 is 4.74 Å². The van der Waals surface area contributed by atoms with Gasteiger partial charge in [0.15, 0.2) is 0 Å². The predicted molar refractivity (Wildman–Crippen MR) is 65.7 cm³/mol. The van der Waals surface area contributed by atoms with Crippen LogP contribution < -0.4 is 0 Å². The van der Waals surface area contributed by atoms with E-state index in [1.54, 1.807) is 11.3 Å². The molecule has 0 saturated heterocycles. The number of thiophene rings is 1. The van der Waals surface area contributed by atoms with Gasteiger partial charge in [0.25, 0.3) is 0 Å². The molecule has 2 nitrogen and oxygen atoms in total. The van der Waals surface area contributed by atoms with Crippen LogP contribution in [-0.2, 0) is 4.74 Å². The Hall–Kier alpha value is 0.630. The van der Waals surface area contributed by atoms with Crippen molar-refractivity contribution in [3.8, 4) is 0 Å². The van der Waals surface area contributed by atoms with Gasteiger partial charge in [-0.2, -0.15) is 0 Å². The van der Waals surface area contributed by atoms with E-state index in [1.165, 1.54) is 0 Å². The normalized spacial score (nSPS) is 9.92. The smallest absolute Gasteiger partial charge is 0.340 e. The van der Waals surface area contributed by atoms with Crippen molar-refractivity contribution in [2.75, 3.05) is 6.61 Å². The lowest BCUT2D eigenvalue weighted by molar-refractivity contribution is 0.0526. The fraction of sp³-hybridized carbons (Fsp3) is 0.286. The first-order chi connectivity index (χ1) is 5.65. The molecule has 0 aliphatic rings. The summed E-state index contributed by atoms with van der Waals surface area (Å²) < 4.78 is 6.99. The highest BCUT2D eigenvalue weighted by atomic mass is 127. The van der Waals surface area contributed by atoms with Crippen molar-refractivity contribution < 1.29 is 9.53 Å². The Labute approximate surface area is 102 Å². The standard InChI is InChI=1S/C7H6I2O2S/c1-2-11-7(10)4-3-5(8)12-6(4)9/h3H,2H2,1H3. The first-order valence-corrected chi connectivity index (χ1v) is 6.24. The van der Waals surface area contributed by atoms with Gasteiger partial charge in [-0.1, -0.05) is 0 Å². The summed E-state index contributed by atoms with van der Waals surface area (Å²) in [7, 11) is 0. The van der Waals surface area contributed by atoms with Crippen molar-refractivity contribution in [1.82, 2.24) is 0 Å². The van der Waals surface area contributed by atoms with E-state index in [1.807, 2.05) is 13.0 Å². The first-order valence-electron chi connectivity index (χ1n) is 3.27. The highest BCUT2D eigenvalue weighted by molar-refractivity contribution is 14.1. The molecule has 1 heterocycles.